The van der Waals surface area contributed by atoms with Gasteiger partial charge in [-0.2, -0.15) is 0 Å². The third kappa shape index (κ3) is 3.18. The van der Waals surface area contributed by atoms with Crippen molar-refractivity contribution in [2.75, 3.05) is 5.32 Å². The van der Waals surface area contributed by atoms with Crippen LogP contribution in [0.25, 0.3) is 0 Å². The zero-order valence-electron chi connectivity index (χ0n) is 11.3. The largest absolute Gasteiger partial charge is 0.467 e. The summed E-state index contributed by atoms with van der Waals surface area (Å²) >= 11 is 11.2. The highest BCUT2D eigenvalue weighted by Gasteiger charge is 2.19. The van der Waals surface area contributed by atoms with Crippen molar-refractivity contribution in [3.63, 3.8) is 0 Å². The molecule has 108 valence electrons. The van der Waals surface area contributed by atoms with E-state index < -0.39 is 0 Å². The first kappa shape index (κ1) is 14.7. The molecule has 5 heteroatoms. The summed E-state index contributed by atoms with van der Waals surface area (Å²) in [4.78, 5) is 1.12. The van der Waals surface area contributed by atoms with Crippen molar-refractivity contribution in [3.8, 4) is 0 Å². The van der Waals surface area contributed by atoms with Crippen LogP contribution in [0.2, 0.25) is 4.34 Å². The Bertz CT molecular complexity index is 739. The molecular weight excluding hydrogens is 370 g/mol. The second-order valence-corrected chi connectivity index (χ2v) is 7.25. The summed E-state index contributed by atoms with van der Waals surface area (Å²) in [5.41, 5.74) is 2.23. The number of rotatable bonds is 4. The summed E-state index contributed by atoms with van der Waals surface area (Å²) in [5.74, 6) is 0.868. The highest BCUT2D eigenvalue weighted by atomic mass is 79.9. The maximum Gasteiger partial charge on any atom is 0.131 e. The maximum absolute atomic E-state index is 6.08. The van der Waals surface area contributed by atoms with Crippen LogP contribution in [0.1, 0.15) is 22.2 Å². The Kier molecular flexibility index (Phi) is 4.38. The second kappa shape index (κ2) is 6.26. The van der Waals surface area contributed by atoms with E-state index in [0.29, 0.717) is 0 Å². The summed E-state index contributed by atoms with van der Waals surface area (Å²) in [5, 5.41) is 3.55. The van der Waals surface area contributed by atoms with Crippen LogP contribution in [-0.4, -0.2) is 0 Å². The monoisotopic (exact) mass is 381 g/mol. The molecule has 1 unspecified atom stereocenters. The van der Waals surface area contributed by atoms with Gasteiger partial charge >= 0.3 is 0 Å². The zero-order valence-corrected chi connectivity index (χ0v) is 14.4. The van der Waals surface area contributed by atoms with Crippen molar-refractivity contribution in [3.05, 3.63) is 73.7 Å². The molecule has 0 aliphatic rings. The highest BCUT2D eigenvalue weighted by molar-refractivity contribution is 9.10. The number of thiophene rings is 1. The van der Waals surface area contributed by atoms with E-state index in [4.69, 9.17) is 16.0 Å². The van der Waals surface area contributed by atoms with Gasteiger partial charge in [-0.25, -0.2) is 0 Å². The fraction of sp³-hybridized carbons (Fsp3) is 0.125. The van der Waals surface area contributed by atoms with Crippen molar-refractivity contribution in [1.29, 1.82) is 0 Å². The van der Waals surface area contributed by atoms with Gasteiger partial charge in [0.1, 0.15) is 11.8 Å². The van der Waals surface area contributed by atoms with E-state index in [1.807, 2.05) is 36.4 Å². The Labute approximate surface area is 140 Å². The van der Waals surface area contributed by atoms with E-state index in [1.165, 1.54) is 0 Å². The average Bonchev–Trinajstić information content (AvgIpc) is 3.12. The molecule has 0 radical (unpaired) electrons. The molecule has 2 heterocycles. The van der Waals surface area contributed by atoms with Crippen LogP contribution in [0.3, 0.4) is 0 Å². The molecule has 0 spiro atoms. The minimum absolute atomic E-state index is 0.0505. The van der Waals surface area contributed by atoms with Crippen molar-refractivity contribution < 1.29 is 4.42 Å². The van der Waals surface area contributed by atoms with Gasteiger partial charge in [0.2, 0.25) is 0 Å². The second-order valence-electron chi connectivity index (χ2n) is 4.65. The van der Waals surface area contributed by atoms with E-state index in [2.05, 4.69) is 34.2 Å². The number of anilines is 1. The normalized spacial score (nSPS) is 12.3. The minimum atomic E-state index is -0.0505. The molecule has 2 nitrogen and oxygen atoms in total. The van der Waals surface area contributed by atoms with Crippen LogP contribution < -0.4 is 5.32 Å². The summed E-state index contributed by atoms with van der Waals surface area (Å²) in [7, 11) is 0. The van der Waals surface area contributed by atoms with Gasteiger partial charge in [-0.05, 0) is 48.9 Å². The van der Waals surface area contributed by atoms with Gasteiger partial charge in [0, 0.05) is 15.0 Å². The summed E-state index contributed by atoms with van der Waals surface area (Å²) in [6, 6.07) is 13.9. The lowest BCUT2D eigenvalue weighted by atomic mass is 10.1. The van der Waals surface area contributed by atoms with E-state index in [0.717, 1.165) is 30.7 Å². The topological polar surface area (TPSA) is 25.2 Å². The first-order chi connectivity index (χ1) is 10.1. The van der Waals surface area contributed by atoms with Crippen LogP contribution in [-0.2, 0) is 0 Å². The SMILES string of the molecule is Cc1c(Br)cccc1NC(c1ccco1)c1ccc(Cl)s1. The molecule has 1 N–H and O–H groups in total. The molecule has 0 aliphatic heterocycles. The Morgan fingerprint density at radius 2 is 2.05 bits per heavy atom. The smallest absolute Gasteiger partial charge is 0.131 e. The molecule has 3 aromatic rings. The van der Waals surface area contributed by atoms with Crippen molar-refractivity contribution >= 4 is 44.6 Å². The number of hydrogen-bond donors (Lipinski definition) is 1. The van der Waals surface area contributed by atoms with Gasteiger partial charge in [-0.3, -0.25) is 0 Å². The van der Waals surface area contributed by atoms with Gasteiger partial charge in [0.25, 0.3) is 0 Å². The molecule has 3 rings (SSSR count). The van der Waals surface area contributed by atoms with Crippen molar-refractivity contribution in [2.24, 2.45) is 0 Å². The van der Waals surface area contributed by atoms with Gasteiger partial charge in [0.05, 0.1) is 10.6 Å². The quantitative estimate of drug-likeness (QED) is 0.575. The van der Waals surface area contributed by atoms with Crippen molar-refractivity contribution in [1.82, 2.24) is 0 Å². The predicted molar refractivity (Wildman–Crippen MR) is 92.4 cm³/mol. The first-order valence-electron chi connectivity index (χ1n) is 6.45. The molecule has 0 saturated carbocycles. The first-order valence-corrected chi connectivity index (χ1v) is 8.44. The Hall–Kier alpha value is -1.23. The maximum atomic E-state index is 6.08. The molecule has 0 aliphatic carbocycles. The molecule has 2 aromatic heterocycles. The molecule has 0 amide bonds. The molecule has 1 atom stereocenters. The third-order valence-electron chi connectivity index (χ3n) is 3.27. The van der Waals surface area contributed by atoms with Crippen LogP contribution in [0, 0.1) is 6.92 Å². The van der Waals surface area contributed by atoms with Gasteiger partial charge in [-0.15, -0.1) is 11.3 Å². The number of furan rings is 1. The molecule has 0 saturated heterocycles. The van der Waals surface area contributed by atoms with Crippen LogP contribution >= 0.6 is 38.9 Å². The number of hydrogen-bond acceptors (Lipinski definition) is 3. The van der Waals surface area contributed by atoms with Crippen LogP contribution in [0.15, 0.2) is 57.6 Å². The molecular formula is C16H13BrClNOS. The van der Waals surface area contributed by atoms with Gasteiger partial charge < -0.3 is 9.73 Å². The fourth-order valence-electron chi connectivity index (χ4n) is 2.14. The number of benzene rings is 1. The van der Waals surface area contributed by atoms with Crippen LogP contribution in [0.5, 0.6) is 0 Å². The third-order valence-corrected chi connectivity index (χ3v) is 5.43. The minimum Gasteiger partial charge on any atom is -0.467 e. The van der Waals surface area contributed by atoms with E-state index in [9.17, 15) is 0 Å². The van der Waals surface area contributed by atoms with E-state index >= 15 is 0 Å². The Morgan fingerprint density at radius 1 is 1.19 bits per heavy atom. The van der Waals surface area contributed by atoms with E-state index in [1.54, 1.807) is 17.6 Å². The summed E-state index contributed by atoms with van der Waals surface area (Å²) in [6.45, 7) is 2.08. The van der Waals surface area contributed by atoms with Gasteiger partial charge in [-0.1, -0.05) is 33.6 Å². The lowest BCUT2D eigenvalue weighted by molar-refractivity contribution is 0.500. The predicted octanol–water partition coefficient (Wildman–Crippen LogP) is 6.27. The number of halogens is 2. The lowest BCUT2D eigenvalue weighted by Gasteiger charge is -2.18. The fourth-order valence-corrected chi connectivity index (χ4v) is 3.63. The zero-order chi connectivity index (χ0) is 14.8. The molecule has 0 fully saturated rings. The average molecular weight is 383 g/mol. The molecule has 1 aromatic carbocycles. The Balaban J connectivity index is 1.99. The van der Waals surface area contributed by atoms with Crippen LogP contribution in [0.4, 0.5) is 5.69 Å². The summed E-state index contributed by atoms with van der Waals surface area (Å²) < 4.78 is 7.44. The molecule has 21 heavy (non-hydrogen) atoms. The van der Waals surface area contributed by atoms with E-state index in [-0.39, 0.29) is 6.04 Å². The molecule has 0 bridgehead atoms. The van der Waals surface area contributed by atoms with Crippen molar-refractivity contribution in [2.45, 2.75) is 13.0 Å². The standard InChI is InChI=1S/C16H13BrClNOS/c1-10-11(17)4-2-5-12(10)19-16(13-6-3-9-20-13)14-7-8-15(18)21-14/h2-9,16,19H,1H3. The highest BCUT2D eigenvalue weighted by Crippen LogP contribution is 2.35. The lowest BCUT2D eigenvalue weighted by Crippen LogP contribution is -2.11. The Morgan fingerprint density at radius 3 is 2.71 bits per heavy atom. The number of nitrogens with one attached hydrogen (secondary N) is 1. The van der Waals surface area contributed by atoms with Gasteiger partial charge in [0.15, 0.2) is 0 Å². The summed E-state index contributed by atoms with van der Waals surface area (Å²) in [6.07, 6.45) is 1.69.